The third-order valence-electron chi connectivity index (χ3n) is 3.02. The standard InChI is InChI=1S/C14H16ClN3O4/c1-8(2)14(21)17-16-12(19)6-18-10-5-9(15)3-4-11(10)22-7-13(18)20/h3-5,8H,6-7H2,1-2H3,(H,16,19)(H,17,21). The third-order valence-corrected chi connectivity index (χ3v) is 3.25. The van der Waals surface area contributed by atoms with Gasteiger partial charge in [-0.3, -0.25) is 30.1 Å². The molecular weight excluding hydrogens is 310 g/mol. The zero-order chi connectivity index (χ0) is 16.3. The van der Waals surface area contributed by atoms with Crippen LogP contribution < -0.4 is 20.5 Å². The maximum absolute atomic E-state index is 11.9. The number of nitrogens with one attached hydrogen (secondary N) is 2. The van der Waals surface area contributed by atoms with Gasteiger partial charge in [0.2, 0.25) is 5.91 Å². The van der Waals surface area contributed by atoms with E-state index in [0.29, 0.717) is 16.5 Å². The number of hydrogen-bond acceptors (Lipinski definition) is 4. The Bertz CT molecular complexity index is 618. The maximum Gasteiger partial charge on any atom is 0.265 e. The van der Waals surface area contributed by atoms with E-state index in [9.17, 15) is 14.4 Å². The molecule has 0 atom stereocenters. The highest BCUT2D eigenvalue weighted by molar-refractivity contribution is 6.31. The van der Waals surface area contributed by atoms with E-state index in [4.69, 9.17) is 16.3 Å². The summed E-state index contributed by atoms with van der Waals surface area (Å²) in [5.74, 6) is -0.978. The monoisotopic (exact) mass is 325 g/mol. The van der Waals surface area contributed by atoms with Gasteiger partial charge in [0.1, 0.15) is 12.3 Å². The van der Waals surface area contributed by atoms with Gasteiger partial charge in [0.05, 0.1) is 5.69 Å². The van der Waals surface area contributed by atoms with E-state index in [1.54, 1.807) is 32.0 Å². The van der Waals surface area contributed by atoms with E-state index in [-0.39, 0.29) is 30.9 Å². The molecule has 0 spiro atoms. The summed E-state index contributed by atoms with van der Waals surface area (Å²) in [5, 5.41) is 0.426. The van der Waals surface area contributed by atoms with Crippen molar-refractivity contribution < 1.29 is 19.1 Å². The van der Waals surface area contributed by atoms with Gasteiger partial charge in [-0.25, -0.2) is 0 Å². The molecule has 0 radical (unpaired) electrons. The largest absolute Gasteiger partial charge is 0.482 e. The molecule has 3 amide bonds. The summed E-state index contributed by atoms with van der Waals surface area (Å²) in [7, 11) is 0. The molecule has 2 N–H and O–H groups in total. The van der Waals surface area contributed by atoms with E-state index < -0.39 is 5.91 Å². The lowest BCUT2D eigenvalue weighted by Crippen LogP contribution is -2.50. The highest BCUT2D eigenvalue weighted by atomic mass is 35.5. The number of nitrogens with zero attached hydrogens (tertiary/aromatic N) is 1. The molecule has 8 heteroatoms. The lowest BCUT2D eigenvalue weighted by atomic mass is 10.2. The number of rotatable bonds is 3. The molecule has 118 valence electrons. The maximum atomic E-state index is 11.9. The average molecular weight is 326 g/mol. The van der Waals surface area contributed by atoms with Crippen molar-refractivity contribution in [1.82, 2.24) is 10.9 Å². The number of carbonyl (C=O) groups excluding carboxylic acids is 3. The molecule has 0 saturated heterocycles. The Morgan fingerprint density at radius 1 is 1.36 bits per heavy atom. The summed E-state index contributed by atoms with van der Waals surface area (Å²) in [6.45, 7) is 3.00. The van der Waals surface area contributed by atoms with Crippen LogP contribution in [0.15, 0.2) is 18.2 Å². The summed E-state index contributed by atoms with van der Waals surface area (Å²) in [6.07, 6.45) is 0. The Morgan fingerprint density at radius 3 is 2.77 bits per heavy atom. The minimum atomic E-state index is -0.518. The lowest BCUT2D eigenvalue weighted by Gasteiger charge is -2.29. The second kappa shape index (κ2) is 6.65. The summed E-state index contributed by atoms with van der Waals surface area (Å²) in [4.78, 5) is 36.5. The first-order chi connectivity index (χ1) is 10.4. The number of amides is 3. The van der Waals surface area contributed by atoms with Gasteiger partial charge in [0.25, 0.3) is 11.8 Å². The van der Waals surface area contributed by atoms with Crippen LogP contribution in [0, 0.1) is 5.92 Å². The van der Waals surface area contributed by atoms with Gasteiger partial charge in [0, 0.05) is 10.9 Å². The van der Waals surface area contributed by atoms with Crippen LogP contribution in [0.5, 0.6) is 5.75 Å². The quantitative estimate of drug-likeness (QED) is 0.807. The first-order valence-electron chi connectivity index (χ1n) is 6.70. The van der Waals surface area contributed by atoms with Crippen LogP contribution in [-0.4, -0.2) is 30.9 Å². The normalized spacial score (nSPS) is 13.5. The molecule has 1 aromatic rings. The predicted octanol–water partition coefficient (Wildman–Crippen LogP) is 0.869. The molecular formula is C14H16ClN3O4. The molecule has 2 rings (SSSR count). The number of ether oxygens (including phenoxy) is 1. The minimum absolute atomic E-state index is 0.153. The van der Waals surface area contributed by atoms with Crippen LogP contribution in [0.25, 0.3) is 0 Å². The second-order valence-electron chi connectivity index (χ2n) is 5.07. The Hall–Kier alpha value is -2.28. The molecule has 0 saturated carbocycles. The summed E-state index contributed by atoms with van der Waals surface area (Å²) < 4.78 is 5.28. The molecule has 22 heavy (non-hydrogen) atoms. The summed E-state index contributed by atoms with van der Waals surface area (Å²) >= 11 is 5.91. The Morgan fingerprint density at radius 2 is 2.09 bits per heavy atom. The number of carbonyl (C=O) groups is 3. The highest BCUT2D eigenvalue weighted by Gasteiger charge is 2.27. The van der Waals surface area contributed by atoms with Gasteiger partial charge in [-0.05, 0) is 18.2 Å². The number of fused-ring (bicyclic) bond motifs is 1. The minimum Gasteiger partial charge on any atom is -0.482 e. The number of halogens is 1. The van der Waals surface area contributed by atoms with Crippen molar-refractivity contribution in [2.75, 3.05) is 18.1 Å². The summed E-state index contributed by atoms with van der Waals surface area (Å²) in [6, 6.07) is 4.82. The van der Waals surface area contributed by atoms with Crippen molar-refractivity contribution in [3.63, 3.8) is 0 Å². The number of benzene rings is 1. The van der Waals surface area contributed by atoms with Crippen molar-refractivity contribution in [3.05, 3.63) is 23.2 Å². The van der Waals surface area contributed by atoms with Crippen molar-refractivity contribution in [2.24, 2.45) is 5.92 Å². The van der Waals surface area contributed by atoms with Gasteiger partial charge in [-0.15, -0.1) is 0 Å². The van der Waals surface area contributed by atoms with Crippen LogP contribution in [0.2, 0.25) is 5.02 Å². The van der Waals surface area contributed by atoms with Crippen LogP contribution in [0.1, 0.15) is 13.8 Å². The summed E-state index contributed by atoms with van der Waals surface area (Å²) in [5.41, 5.74) is 4.98. The molecule has 7 nitrogen and oxygen atoms in total. The van der Waals surface area contributed by atoms with E-state index in [1.165, 1.54) is 4.90 Å². The predicted molar refractivity (Wildman–Crippen MR) is 80.4 cm³/mol. The van der Waals surface area contributed by atoms with Crippen molar-refractivity contribution in [1.29, 1.82) is 0 Å². The fourth-order valence-corrected chi connectivity index (χ4v) is 1.97. The third kappa shape index (κ3) is 3.67. The molecule has 1 heterocycles. The van der Waals surface area contributed by atoms with Crippen LogP contribution in [0.4, 0.5) is 5.69 Å². The fraction of sp³-hybridized carbons (Fsp3) is 0.357. The number of hydrazine groups is 1. The van der Waals surface area contributed by atoms with E-state index >= 15 is 0 Å². The van der Waals surface area contributed by atoms with Gasteiger partial charge in [0.15, 0.2) is 6.61 Å². The molecule has 1 aromatic carbocycles. The fourth-order valence-electron chi connectivity index (χ4n) is 1.81. The topological polar surface area (TPSA) is 87.7 Å². The van der Waals surface area contributed by atoms with Crippen molar-refractivity contribution >= 4 is 35.0 Å². The first-order valence-corrected chi connectivity index (χ1v) is 7.07. The Labute approximate surface area is 132 Å². The van der Waals surface area contributed by atoms with Crippen molar-refractivity contribution in [3.8, 4) is 5.75 Å². The van der Waals surface area contributed by atoms with Gasteiger partial charge in [-0.1, -0.05) is 25.4 Å². The van der Waals surface area contributed by atoms with Crippen LogP contribution in [0.3, 0.4) is 0 Å². The average Bonchev–Trinajstić information content (AvgIpc) is 2.47. The zero-order valence-corrected chi connectivity index (χ0v) is 12.9. The van der Waals surface area contributed by atoms with Gasteiger partial charge in [-0.2, -0.15) is 0 Å². The molecule has 0 fully saturated rings. The Kier molecular flexibility index (Phi) is 4.87. The van der Waals surface area contributed by atoms with E-state index in [1.807, 2.05) is 0 Å². The van der Waals surface area contributed by atoms with E-state index in [0.717, 1.165) is 0 Å². The Balaban J connectivity index is 2.06. The second-order valence-corrected chi connectivity index (χ2v) is 5.51. The highest BCUT2D eigenvalue weighted by Crippen LogP contribution is 2.34. The zero-order valence-electron chi connectivity index (χ0n) is 12.2. The smallest absolute Gasteiger partial charge is 0.265 e. The van der Waals surface area contributed by atoms with Crippen molar-refractivity contribution in [2.45, 2.75) is 13.8 Å². The SMILES string of the molecule is CC(C)C(=O)NNC(=O)CN1C(=O)COc2ccc(Cl)cc21. The molecule has 1 aliphatic heterocycles. The molecule has 0 bridgehead atoms. The van der Waals surface area contributed by atoms with Crippen LogP contribution in [-0.2, 0) is 14.4 Å². The number of anilines is 1. The van der Waals surface area contributed by atoms with Gasteiger partial charge >= 0.3 is 0 Å². The molecule has 0 aliphatic carbocycles. The van der Waals surface area contributed by atoms with E-state index in [2.05, 4.69) is 10.9 Å². The molecule has 0 aromatic heterocycles. The molecule has 0 unspecified atom stereocenters. The number of hydrogen-bond donors (Lipinski definition) is 2. The first kappa shape index (κ1) is 16.1. The lowest BCUT2D eigenvalue weighted by molar-refractivity contribution is -0.130. The van der Waals surface area contributed by atoms with Gasteiger partial charge < -0.3 is 4.74 Å². The van der Waals surface area contributed by atoms with Crippen LogP contribution >= 0.6 is 11.6 Å². The molecule has 1 aliphatic rings.